The molecule has 3 aromatic rings. The van der Waals surface area contributed by atoms with Crippen LogP contribution in [0.1, 0.15) is 29.3 Å². The Bertz CT molecular complexity index is 1140. The number of aromatic nitrogens is 1. The molecule has 0 amide bonds. The molecule has 0 bridgehead atoms. The van der Waals surface area contributed by atoms with Gasteiger partial charge in [-0.1, -0.05) is 66.4 Å². The van der Waals surface area contributed by atoms with Gasteiger partial charge in [0, 0.05) is 11.8 Å². The number of hydrogen-bond acceptors (Lipinski definition) is 4. The van der Waals surface area contributed by atoms with Gasteiger partial charge < -0.3 is 9.84 Å². The first kappa shape index (κ1) is 21.6. The molecule has 1 unspecified atom stereocenters. The fraction of sp³-hybridized carbons (Fsp3) is 0.167. The standard InChI is InChI=1S/C24H23NO4S/c1-2-10-23(26)24-21(13-9-18-29-19-20-11-5-3-6-12-20)16-17-25(24)30(27,28)22-14-7-4-8-15-22/h2-8,11-12,14-17,23,26H,1,10,18-19H2. The highest BCUT2D eigenvalue weighted by Gasteiger charge is 2.25. The third-order valence-electron chi connectivity index (χ3n) is 4.40. The van der Waals surface area contributed by atoms with Crippen LogP contribution in [0.25, 0.3) is 0 Å². The second kappa shape index (κ2) is 10.1. The van der Waals surface area contributed by atoms with Gasteiger partial charge in [-0.2, -0.15) is 0 Å². The summed E-state index contributed by atoms with van der Waals surface area (Å²) < 4.78 is 32.8. The molecular weight excluding hydrogens is 398 g/mol. The minimum atomic E-state index is -3.86. The molecule has 5 nitrogen and oxygen atoms in total. The molecule has 6 heteroatoms. The van der Waals surface area contributed by atoms with E-state index in [-0.39, 0.29) is 23.6 Å². The Hall–Kier alpha value is -3.11. The summed E-state index contributed by atoms with van der Waals surface area (Å²) in [6.07, 6.45) is 2.11. The van der Waals surface area contributed by atoms with Crippen LogP contribution in [-0.4, -0.2) is 24.1 Å². The Labute approximate surface area is 177 Å². The molecule has 1 atom stereocenters. The number of benzene rings is 2. The summed E-state index contributed by atoms with van der Waals surface area (Å²) in [4.78, 5) is 0.137. The van der Waals surface area contributed by atoms with Gasteiger partial charge in [0.05, 0.1) is 23.3 Å². The van der Waals surface area contributed by atoms with Crippen LogP contribution in [0.2, 0.25) is 0 Å². The maximum absolute atomic E-state index is 13.1. The molecule has 3 rings (SSSR count). The number of aliphatic hydroxyl groups excluding tert-OH is 1. The molecule has 0 spiro atoms. The van der Waals surface area contributed by atoms with Crippen LogP contribution >= 0.6 is 0 Å². The van der Waals surface area contributed by atoms with E-state index < -0.39 is 16.1 Å². The Morgan fingerprint density at radius 2 is 1.73 bits per heavy atom. The van der Waals surface area contributed by atoms with E-state index in [2.05, 4.69) is 18.4 Å². The van der Waals surface area contributed by atoms with Crippen molar-refractivity contribution >= 4 is 10.0 Å². The normalized spacial score (nSPS) is 12.0. The van der Waals surface area contributed by atoms with E-state index in [0.717, 1.165) is 9.54 Å². The van der Waals surface area contributed by atoms with Crippen molar-refractivity contribution in [3.8, 4) is 11.8 Å². The molecule has 1 N–H and O–H groups in total. The van der Waals surface area contributed by atoms with Gasteiger partial charge in [-0.3, -0.25) is 0 Å². The largest absolute Gasteiger partial charge is 0.386 e. The van der Waals surface area contributed by atoms with Crippen LogP contribution in [0, 0.1) is 11.8 Å². The van der Waals surface area contributed by atoms with Crippen molar-refractivity contribution in [3.63, 3.8) is 0 Å². The van der Waals surface area contributed by atoms with E-state index in [1.807, 2.05) is 30.3 Å². The molecule has 2 aromatic carbocycles. The predicted octanol–water partition coefficient (Wildman–Crippen LogP) is 3.90. The van der Waals surface area contributed by atoms with Crippen LogP contribution in [-0.2, 0) is 21.4 Å². The number of rotatable bonds is 8. The Balaban J connectivity index is 1.84. The van der Waals surface area contributed by atoms with E-state index in [1.54, 1.807) is 24.3 Å². The lowest BCUT2D eigenvalue weighted by atomic mass is 10.1. The molecule has 30 heavy (non-hydrogen) atoms. The molecule has 0 aliphatic rings. The van der Waals surface area contributed by atoms with Gasteiger partial charge in [0.25, 0.3) is 10.0 Å². The lowest BCUT2D eigenvalue weighted by molar-refractivity contribution is 0.153. The molecule has 0 fully saturated rings. The Morgan fingerprint density at radius 1 is 1.07 bits per heavy atom. The monoisotopic (exact) mass is 421 g/mol. The second-order valence-corrected chi connectivity index (χ2v) is 8.36. The highest BCUT2D eigenvalue weighted by molar-refractivity contribution is 7.90. The molecule has 0 saturated heterocycles. The average molecular weight is 422 g/mol. The number of nitrogens with zero attached hydrogens (tertiary/aromatic N) is 1. The van der Waals surface area contributed by atoms with Gasteiger partial charge >= 0.3 is 0 Å². The molecule has 154 valence electrons. The van der Waals surface area contributed by atoms with E-state index in [1.165, 1.54) is 24.4 Å². The lowest BCUT2D eigenvalue weighted by Gasteiger charge is -2.15. The first-order chi connectivity index (χ1) is 14.5. The average Bonchev–Trinajstić information content (AvgIpc) is 3.20. The highest BCUT2D eigenvalue weighted by Crippen LogP contribution is 2.26. The number of ether oxygens (including phenoxy) is 1. The summed E-state index contributed by atoms with van der Waals surface area (Å²) in [5, 5.41) is 10.6. The maximum atomic E-state index is 13.1. The van der Waals surface area contributed by atoms with Crippen LogP contribution in [0.15, 0.2) is 90.5 Å². The fourth-order valence-corrected chi connectivity index (χ4v) is 4.40. The van der Waals surface area contributed by atoms with Gasteiger partial charge in [0.2, 0.25) is 0 Å². The first-order valence-electron chi connectivity index (χ1n) is 9.45. The third-order valence-corrected chi connectivity index (χ3v) is 6.11. The summed E-state index contributed by atoms with van der Waals surface area (Å²) >= 11 is 0. The van der Waals surface area contributed by atoms with Gasteiger partial charge in [-0.25, -0.2) is 12.4 Å². The van der Waals surface area contributed by atoms with E-state index in [4.69, 9.17) is 4.74 Å². The Morgan fingerprint density at radius 3 is 2.40 bits per heavy atom. The predicted molar refractivity (Wildman–Crippen MR) is 116 cm³/mol. The summed E-state index contributed by atoms with van der Waals surface area (Å²) in [5.41, 5.74) is 1.70. The van der Waals surface area contributed by atoms with Crippen LogP contribution in [0.5, 0.6) is 0 Å². The van der Waals surface area contributed by atoms with Crippen LogP contribution < -0.4 is 0 Å². The topological polar surface area (TPSA) is 68.5 Å². The number of aliphatic hydroxyl groups is 1. The van der Waals surface area contributed by atoms with Crippen molar-refractivity contribution in [1.82, 2.24) is 3.97 Å². The van der Waals surface area contributed by atoms with Crippen molar-refractivity contribution in [2.24, 2.45) is 0 Å². The molecule has 1 heterocycles. The molecular formula is C24H23NO4S. The molecule has 0 saturated carbocycles. The third kappa shape index (κ3) is 5.08. The van der Waals surface area contributed by atoms with Crippen molar-refractivity contribution in [2.75, 3.05) is 6.61 Å². The van der Waals surface area contributed by atoms with Gasteiger partial charge in [0.1, 0.15) is 6.61 Å². The van der Waals surface area contributed by atoms with Gasteiger partial charge in [-0.15, -0.1) is 6.58 Å². The van der Waals surface area contributed by atoms with Crippen molar-refractivity contribution in [2.45, 2.75) is 24.0 Å². The minimum Gasteiger partial charge on any atom is -0.386 e. The van der Waals surface area contributed by atoms with Crippen molar-refractivity contribution < 1.29 is 18.3 Å². The number of hydrogen-bond donors (Lipinski definition) is 1. The summed E-state index contributed by atoms with van der Waals surface area (Å²) in [6.45, 7) is 4.25. The van der Waals surface area contributed by atoms with E-state index in [9.17, 15) is 13.5 Å². The molecule has 0 aliphatic heterocycles. The van der Waals surface area contributed by atoms with E-state index >= 15 is 0 Å². The van der Waals surface area contributed by atoms with Gasteiger partial charge in [-0.05, 0) is 30.2 Å². The zero-order chi connectivity index (χ0) is 21.4. The SMILES string of the molecule is C=CCC(O)c1c(C#CCOCc2ccccc2)ccn1S(=O)(=O)c1ccccc1. The summed E-state index contributed by atoms with van der Waals surface area (Å²) in [5.74, 6) is 5.82. The van der Waals surface area contributed by atoms with Crippen LogP contribution in [0.3, 0.4) is 0 Å². The zero-order valence-corrected chi connectivity index (χ0v) is 17.3. The minimum absolute atomic E-state index is 0.137. The second-order valence-electron chi connectivity index (χ2n) is 6.55. The molecule has 0 aliphatic carbocycles. The quantitative estimate of drug-likeness (QED) is 0.340. The first-order valence-corrected chi connectivity index (χ1v) is 10.9. The fourth-order valence-electron chi connectivity index (χ4n) is 2.97. The molecule has 0 radical (unpaired) electrons. The lowest BCUT2D eigenvalue weighted by Crippen LogP contribution is -2.17. The maximum Gasteiger partial charge on any atom is 0.267 e. The summed E-state index contributed by atoms with van der Waals surface area (Å²) in [7, 11) is -3.86. The smallest absolute Gasteiger partial charge is 0.267 e. The van der Waals surface area contributed by atoms with Gasteiger partial charge in [0.15, 0.2) is 0 Å². The van der Waals surface area contributed by atoms with Crippen molar-refractivity contribution in [3.05, 3.63) is 102 Å². The van der Waals surface area contributed by atoms with E-state index in [0.29, 0.717) is 12.2 Å². The van der Waals surface area contributed by atoms with Crippen molar-refractivity contribution in [1.29, 1.82) is 0 Å². The zero-order valence-electron chi connectivity index (χ0n) is 16.4. The summed E-state index contributed by atoms with van der Waals surface area (Å²) in [6, 6.07) is 19.4. The Kier molecular flexibility index (Phi) is 7.26. The van der Waals surface area contributed by atoms with Crippen LogP contribution in [0.4, 0.5) is 0 Å². The highest BCUT2D eigenvalue weighted by atomic mass is 32.2. The molecule has 1 aromatic heterocycles.